The first-order valence-electron chi connectivity index (χ1n) is 6.20. The molecule has 2 rings (SSSR count). The van der Waals surface area contributed by atoms with Crippen LogP contribution in [-0.4, -0.2) is 27.2 Å². The Morgan fingerprint density at radius 2 is 2.20 bits per heavy atom. The quantitative estimate of drug-likeness (QED) is 0.782. The van der Waals surface area contributed by atoms with Crippen molar-refractivity contribution in [1.29, 1.82) is 0 Å². The molecule has 1 amide bonds. The standard InChI is InChI=1S/C14H16N4O2/c1-5-6-15-11(19)7-10-8(2)12-13(16-9(10)3)18(4)17-14(12)20/h1H,6-7H2,2-4H3,(H,15,19)(H,17,20). The van der Waals surface area contributed by atoms with Gasteiger partial charge in [0.1, 0.15) is 0 Å². The number of carbonyl (C=O) groups is 1. The van der Waals surface area contributed by atoms with Crippen molar-refractivity contribution in [1.82, 2.24) is 20.1 Å². The van der Waals surface area contributed by atoms with E-state index in [1.165, 1.54) is 0 Å². The predicted octanol–water partition coefficient (Wildman–Crippen LogP) is 0.170. The minimum absolute atomic E-state index is 0.163. The number of hydrogen-bond donors (Lipinski definition) is 2. The Hall–Kier alpha value is -2.55. The lowest BCUT2D eigenvalue weighted by atomic mass is 10.0. The van der Waals surface area contributed by atoms with Gasteiger partial charge in [-0.25, -0.2) is 4.98 Å². The van der Waals surface area contributed by atoms with Crippen LogP contribution in [0.1, 0.15) is 16.8 Å². The lowest BCUT2D eigenvalue weighted by Crippen LogP contribution is -2.26. The molecule has 0 radical (unpaired) electrons. The SMILES string of the molecule is C#CCNC(=O)Cc1c(C)nc2c(c1C)c(=O)[nH]n2C. The zero-order chi connectivity index (χ0) is 14.9. The molecule has 0 unspecified atom stereocenters. The van der Waals surface area contributed by atoms with Gasteiger partial charge in [-0.15, -0.1) is 6.42 Å². The van der Waals surface area contributed by atoms with E-state index in [1.807, 2.05) is 13.8 Å². The van der Waals surface area contributed by atoms with Crippen LogP contribution >= 0.6 is 0 Å². The maximum Gasteiger partial charge on any atom is 0.273 e. The van der Waals surface area contributed by atoms with Gasteiger partial charge in [0.05, 0.1) is 18.4 Å². The third kappa shape index (κ3) is 2.30. The van der Waals surface area contributed by atoms with Gasteiger partial charge in [-0.1, -0.05) is 5.92 Å². The lowest BCUT2D eigenvalue weighted by Gasteiger charge is -2.10. The Morgan fingerprint density at radius 3 is 2.85 bits per heavy atom. The summed E-state index contributed by atoms with van der Waals surface area (Å²) < 4.78 is 1.58. The van der Waals surface area contributed by atoms with Gasteiger partial charge in [-0.2, -0.15) is 0 Å². The Bertz CT molecular complexity index is 777. The van der Waals surface area contributed by atoms with Gasteiger partial charge in [-0.05, 0) is 25.0 Å². The summed E-state index contributed by atoms with van der Waals surface area (Å²) in [6.45, 7) is 3.85. The Balaban J connectivity index is 2.49. The number of nitrogens with one attached hydrogen (secondary N) is 2. The van der Waals surface area contributed by atoms with E-state index in [2.05, 4.69) is 21.3 Å². The van der Waals surface area contributed by atoms with Crippen molar-refractivity contribution in [2.75, 3.05) is 6.54 Å². The third-order valence-electron chi connectivity index (χ3n) is 3.30. The van der Waals surface area contributed by atoms with Crippen molar-refractivity contribution >= 4 is 16.9 Å². The summed E-state index contributed by atoms with van der Waals surface area (Å²) in [4.78, 5) is 28.1. The number of hydrogen-bond acceptors (Lipinski definition) is 3. The number of aryl methyl sites for hydroxylation is 3. The van der Waals surface area contributed by atoms with Crippen LogP contribution in [0.15, 0.2) is 4.79 Å². The van der Waals surface area contributed by atoms with Gasteiger partial charge in [-0.3, -0.25) is 19.4 Å². The molecule has 0 aliphatic carbocycles. The zero-order valence-electron chi connectivity index (χ0n) is 11.7. The molecule has 0 spiro atoms. The maximum absolute atomic E-state index is 11.9. The van der Waals surface area contributed by atoms with E-state index < -0.39 is 0 Å². The Morgan fingerprint density at radius 1 is 1.50 bits per heavy atom. The highest BCUT2D eigenvalue weighted by atomic mass is 16.1. The Labute approximate surface area is 116 Å². The fourth-order valence-electron chi connectivity index (χ4n) is 2.28. The first-order chi connectivity index (χ1) is 9.45. The number of aromatic nitrogens is 3. The van der Waals surface area contributed by atoms with Crippen LogP contribution in [0.4, 0.5) is 0 Å². The molecule has 2 N–H and O–H groups in total. The fraction of sp³-hybridized carbons (Fsp3) is 0.357. The molecule has 0 saturated carbocycles. The van der Waals surface area contributed by atoms with Crippen LogP contribution in [0.25, 0.3) is 11.0 Å². The van der Waals surface area contributed by atoms with Crippen molar-refractivity contribution in [2.24, 2.45) is 7.05 Å². The summed E-state index contributed by atoms with van der Waals surface area (Å²) in [5.41, 5.74) is 2.69. The van der Waals surface area contributed by atoms with Gasteiger partial charge >= 0.3 is 0 Å². The van der Waals surface area contributed by atoms with Crippen molar-refractivity contribution in [3.63, 3.8) is 0 Å². The second kappa shape index (κ2) is 5.21. The average Bonchev–Trinajstić information content (AvgIpc) is 2.67. The minimum atomic E-state index is -0.196. The van der Waals surface area contributed by atoms with Gasteiger partial charge in [0.2, 0.25) is 5.91 Å². The minimum Gasteiger partial charge on any atom is -0.345 e. The van der Waals surface area contributed by atoms with Crippen LogP contribution in [0.3, 0.4) is 0 Å². The van der Waals surface area contributed by atoms with Gasteiger partial charge in [0.15, 0.2) is 5.65 Å². The van der Waals surface area contributed by atoms with Crippen LogP contribution < -0.4 is 10.9 Å². The van der Waals surface area contributed by atoms with E-state index in [0.29, 0.717) is 11.0 Å². The number of terminal acetylenes is 1. The number of aromatic amines is 1. The Kier molecular flexibility index (Phi) is 3.61. The summed E-state index contributed by atoms with van der Waals surface area (Å²) in [6.07, 6.45) is 5.27. The summed E-state index contributed by atoms with van der Waals surface area (Å²) in [5, 5.41) is 5.80. The molecule has 0 aliphatic heterocycles. The van der Waals surface area contributed by atoms with Crippen molar-refractivity contribution in [3.05, 3.63) is 27.2 Å². The molecule has 0 atom stereocenters. The number of pyridine rings is 1. The molecule has 0 fully saturated rings. The number of rotatable bonds is 3. The normalized spacial score (nSPS) is 10.5. The third-order valence-corrected chi connectivity index (χ3v) is 3.30. The summed E-state index contributed by atoms with van der Waals surface area (Å²) in [7, 11) is 1.73. The van der Waals surface area contributed by atoms with E-state index in [-0.39, 0.29) is 24.4 Å². The second-order valence-corrected chi connectivity index (χ2v) is 4.66. The fourth-order valence-corrected chi connectivity index (χ4v) is 2.28. The van der Waals surface area contributed by atoms with Crippen molar-refractivity contribution in [2.45, 2.75) is 20.3 Å². The zero-order valence-corrected chi connectivity index (χ0v) is 11.7. The smallest absolute Gasteiger partial charge is 0.273 e. The molecule has 0 bridgehead atoms. The molecule has 0 aliphatic rings. The van der Waals surface area contributed by atoms with E-state index in [4.69, 9.17) is 6.42 Å². The molecular weight excluding hydrogens is 256 g/mol. The molecule has 2 aromatic rings. The number of carbonyl (C=O) groups excluding carboxylic acids is 1. The number of H-pyrrole nitrogens is 1. The van der Waals surface area contributed by atoms with Gasteiger partial charge in [0, 0.05) is 12.7 Å². The lowest BCUT2D eigenvalue weighted by molar-refractivity contribution is -0.120. The highest BCUT2D eigenvalue weighted by molar-refractivity contribution is 5.84. The second-order valence-electron chi connectivity index (χ2n) is 4.66. The highest BCUT2D eigenvalue weighted by Crippen LogP contribution is 2.20. The van der Waals surface area contributed by atoms with E-state index >= 15 is 0 Å². The average molecular weight is 272 g/mol. The van der Waals surface area contributed by atoms with Crippen LogP contribution in [-0.2, 0) is 18.3 Å². The summed E-state index contributed by atoms with van der Waals surface area (Å²) in [6, 6.07) is 0. The molecule has 0 aromatic carbocycles. The topological polar surface area (TPSA) is 79.8 Å². The van der Waals surface area contributed by atoms with E-state index in [0.717, 1.165) is 16.8 Å². The van der Waals surface area contributed by atoms with Crippen LogP contribution in [0.5, 0.6) is 0 Å². The molecule has 20 heavy (non-hydrogen) atoms. The van der Waals surface area contributed by atoms with Gasteiger partial charge < -0.3 is 5.32 Å². The number of fused-ring (bicyclic) bond motifs is 1. The number of amides is 1. The molecule has 6 heteroatoms. The predicted molar refractivity (Wildman–Crippen MR) is 76.4 cm³/mol. The molecule has 6 nitrogen and oxygen atoms in total. The highest BCUT2D eigenvalue weighted by Gasteiger charge is 2.16. The monoisotopic (exact) mass is 272 g/mol. The van der Waals surface area contributed by atoms with E-state index in [1.54, 1.807) is 11.7 Å². The first kappa shape index (κ1) is 13.9. The first-order valence-corrected chi connectivity index (χ1v) is 6.20. The summed E-state index contributed by atoms with van der Waals surface area (Å²) in [5.74, 6) is 2.17. The summed E-state index contributed by atoms with van der Waals surface area (Å²) >= 11 is 0. The van der Waals surface area contributed by atoms with Crippen molar-refractivity contribution in [3.8, 4) is 12.3 Å². The largest absolute Gasteiger partial charge is 0.345 e. The number of nitrogens with zero attached hydrogens (tertiary/aromatic N) is 2. The maximum atomic E-state index is 11.9. The molecule has 2 heterocycles. The van der Waals surface area contributed by atoms with Gasteiger partial charge in [0.25, 0.3) is 5.56 Å². The molecule has 104 valence electrons. The molecule has 2 aromatic heterocycles. The van der Waals surface area contributed by atoms with Crippen molar-refractivity contribution < 1.29 is 4.79 Å². The molecule has 0 saturated heterocycles. The van der Waals surface area contributed by atoms with E-state index in [9.17, 15) is 9.59 Å². The van der Waals surface area contributed by atoms with Crippen LogP contribution in [0, 0.1) is 26.2 Å². The van der Waals surface area contributed by atoms with Crippen LogP contribution in [0.2, 0.25) is 0 Å². The molecular formula is C14H16N4O2.